The van der Waals surface area contributed by atoms with Gasteiger partial charge >= 0.3 is 5.97 Å². The zero-order valence-electron chi connectivity index (χ0n) is 11.0. The van der Waals surface area contributed by atoms with Crippen molar-refractivity contribution < 1.29 is 24.2 Å². The van der Waals surface area contributed by atoms with Gasteiger partial charge in [-0.25, -0.2) is 4.79 Å². The molecule has 2 rings (SSSR count). The van der Waals surface area contributed by atoms with E-state index in [1.165, 1.54) is 29.5 Å². The number of hydrogen-bond acceptors (Lipinski definition) is 6. The lowest BCUT2D eigenvalue weighted by molar-refractivity contribution is -0.123. The van der Waals surface area contributed by atoms with Gasteiger partial charge in [-0.15, -0.1) is 11.3 Å². The van der Waals surface area contributed by atoms with Crippen molar-refractivity contribution in [3.63, 3.8) is 0 Å². The fourth-order valence-electron chi connectivity index (χ4n) is 1.52. The first-order valence-electron chi connectivity index (χ1n) is 6.00. The van der Waals surface area contributed by atoms with Crippen LogP contribution < -0.4 is 5.32 Å². The molecule has 1 aromatic heterocycles. The van der Waals surface area contributed by atoms with Crippen LogP contribution in [0.3, 0.4) is 0 Å². The maximum Gasteiger partial charge on any atom is 0.342 e. The molecule has 0 atom stereocenters. The van der Waals surface area contributed by atoms with Gasteiger partial charge in [0.2, 0.25) is 0 Å². The number of hydrogen-bond donors (Lipinski definition) is 2. The summed E-state index contributed by atoms with van der Waals surface area (Å²) < 4.78 is 4.73. The largest absolute Gasteiger partial charge is 0.507 e. The Bertz CT molecular complexity index is 714. The Balaban J connectivity index is 1.88. The quantitative estimate of drug-likeness (QED) is 0.833. The Morgan fingerprint density at radius 3 is 2.68 bits per heavy atom. The second kappa shape index (κ2) is 7.06. The molecule has 0 aliphatic heterocycles. The first-order chi connectivity index (χ1) is 10.5. The number of benzene rings is 1. The van der Waals surface area contributed by atoms with Gasteiger partial charge in [-0.3, -0.25) is 14.9 Å². The molecule has 6 nitrogen and oxygen atoms in total. The van der Waals surface area contributed by atoms with Crippen LogP contribution >= 0.6 is 22.9 Å². The number of ether oxygens (including phenoxy) is 1. The van der Waals surface area contributed by atoms with Crippen LogP contribution in [0, 0.1) is 0 Å². The maximum atomic E-state index is 11.7. The minimum atomic E-state index is -0.895. The molecule has 0 fully saturated rings. The Hall–Kier alpha value is -2.38. The third-order valence-corrected chi connectivity index (χ3v) is 3.62. The summed E-state index contributed by atoms with van der Waals surface area (Å²) in [5.74, 6) is -2.58. The fourth-order valence-corrected chi connectivity index (χ4v) is 2.30. The van der Waals surface area contributed by atoms with Gasteiger partial charge in [-0.1, -0.05) is 17.7 Å². The van der Waals surface area contributed by atoms with Crippen molar-refractivity contribution in [3.05, 3.63) is 51.2 Å². The molecule has 0 aliphatic rings. The minimum Gasteiger partial charge on any atom is -0.507 e. The number of imide groups is 1. The van der Waals surface area contributed by atoms with E-state index in [0.717, 1.165) is 0 Å². The minimum absolute atomic E-state index is 0.123. The lowest BCUT2D eigenvalue weighted by Gasteiger charge is -2.06. The van der Waals surface area contributed by atoms with E-state index in [-0.39, 0.29) is 16.3 Å². The summed E-state index contributed by atoms with van der Waals surface area (Å²) >= 11 is 6.82. The highest BCUT2D eigenvalue weighted by Crippen LogP contribution is 2.22. The number of amides is 2. The van der Waals surface area contributed by atoms with Crippen LogP contribution in [0.2, 0.25) is 5.02 Å². The van der Waals surface area contributed by atoms with Gasteiger partial charge in [0.1, 0.15) is 11.3 Å². The van der Waals surface area contributed by atoms with Gasteiger partial charge in [0.05, 0.1) is 4.88 Å². The van der Waals surface area contributed by atoms with Crippen molar-refractivity contribution in [1.82, 2.24) is 5.32 Å². The van der Waals surface area contributed by atoms with Gasteiger partial charge < -0.3 is 9.84 Å². The number of halogens is 1. The normalized spacial score (nSPS) is 10.0. The van der Waals surface area contributed by atoms with E-state index < -0.39 is 24.4 Å². The maximum absolute atomic E-state index is 11.7. The number of nitrogens with one attached hydrogen (secondary N) is 1. The van der Waals surface area contributed by atoms with Gasteiger partial charge in [0, 0.05) is 5.02 Å². The number of carbonyl (C=O) groups excluding carboxylic acids is 3. The van der Waals surface area contributed by atoms with E-state index in [1.807, 2.05) is 0 Å². The van der Waals surface area contributed by atoms with Gasteiger partial charge in [0.25, 0.3) is 11.8 Å². The van der Waals surface area contributed by atoms with Crippen LogP contribution in [0.5, 0.6) is 5.75 Å². The number of rotatable bonds is 4. The first kappa shape index (κ1) is 16.0. The van der Waals surface area contributed by atoms with Crippen molar-refractivity contribution in [1.29, 1.82) is 0 Å². The molecule has 2 amide bonds. The van der Waals surface area contributed by atoms with Gasteiger partial charge in [0.15, 0.2) is 6.61 Å². The summed E-state index contributed by atoms with van der Waals surface area (Å²) in [7, 11) is 0. The summed E-state index contributed by atoms with van der Waals surface area (Å²) in [5.41, 5.74) is -0.123. The van der Waals surface area contributed by atoms with E-state index in [0.29, 0.717) is 4.88 Å². The highest BCUT2D eigenvalue weighted by molar-refractivity contribution is 7.12. The summed E-state index contributed by atoms with van der Waals surface area (Å²) in [5, 5.41) is 13.6. The highest BCUT2D eigenvalue weighted by Gasteiger charge is 2.16. The third kappa shape index (κ3) is 4.06. The molecule has 0 unspecified atom stereocenters. The Kier molecular flexibility index (Phi) is 5.13. The molecule has 0 radical (unpaired) electrons. The second-order valence-electron chi connectivity index (χ2n) is 4.09. The highest BCUT2D eigenvalue weighted by atomic mass is 35.5. The fraction of sp³-hybridized carbons (Fsp3) is 0.0714. The van der Waals surface area contributed by atoms with E-state index in [9.17, 15) is 19.5 Å². The average Bonchev–Trinajstić information content (AvgIpc) is 2.99. The molecule has 0 saturated carbocycles. The molecule has 0 aliphatic carbocycles. The van der Waals surface area contributed by atoms with Gasteiger partial charge in [-0.05, 0) is 29.6 Å². The number of thiophene rings is 1. The van der Waals surface area contributed by atoms with E-state index in [1.54, 1.807) is 17.5 Å². The zero-order valence-corrected chi connectivity index (χ0v) is 12.6. The van der Waals surface area contributed by atoms with Crippen molar-refractivity contribution in [2.75, 3.05) is 6.61 Å². The molecule has 0 bridgehead atoms. The number of phenolic OH excluding ortho intramolecular Hbond substituents is 1. The summed E-state index contributed by atoms with van der Waals surface area (Å²) in [6.45, 7) is -0.641. The molecule has 1 heterocycles. The summed E-state index contributed by atoms with van der Waals surface area (Å²) in [4.78, 5) is 35.2. The Labute approximate surface area is 134 Å². The SMILES string of the molecule is O=C(COC(=O)c1ccc(Cl)cc1O)NC(=O)c1cccs1. The lowest BCUT2D eigenvalue weighted by atomic mass is 10.2. The topological polar surface area (TPSA) is 92.7 Å². The van der Waals surface area contributed by atoms with Crippen molar-refractivity contribution >= 4 is 40.7 Å². The number of carbonyl (C=O) groups is 3. The average molecular weight is 340 g/mol. The van der Waals surface area contributed by atoms with Crippen LogP contribution in [-0.4, -0.2) is 29.5 Å². The molecule has 114 valence electrons. The third-order valence-electron chi connectivity index (χ3n) is 2.51. The summed E-state index contributed by atoms with van der Waals surface area (Å²) in [6, 6.07) is 7.09. The molecule has 2 aromatic rings. The molecule has 2 N–H and O–H groups in total. The predicted molar refractivity (Wildman–Crippen MR) is 80.2 cm³/mol. The van der Waals surface area contributed by atoms with E-state index in [4.69, 9.17) is 16.3 Å². The van der Waals surface area contributed by atoms with Crippen molar-refractivity contribution in [2.24, 2.45) is 0 Å². The zero-order chi connectivity index (χ0) is 16.1. The number of aromatic hydroxyl groups is 1. The van der Waals surface area contributed by atoms with Crippen LogP contribution in [0.1, 0.15) is 20.0 Å². The number of esters is 1. The van der Waals surface area contributed by atoms with Crippen LogP contribution in [0.15, 0.2) is 35.7 Å². The Morgan fingerprint density at radius 1 is 1.27 bits per heavy atom. The predicted octanol–water partition coefficient (Wildman–Crippen LogP) is 2.22. The molecule has 0 spiro atoms. The molecular weight excluding hydrogens is 330 g/mol. The first-order valence-corrected chi connectivity index (χ1v) is 7.26. The lowest BCUT2D eigenvalue weighted by Crippen LogP contribution is -2.33. The van der Waals surface area contributed by atoms with Crippen molar-refractivity contribution in [2.45, 2.75) is 0 Å². The van der Waals surface area contributed by atoms with Crippen LogP contribution in [0.4, 0.5) is 0 Å². The van der Waals surface area contributed by atoms with Crippen LogP contribution in [-0.2, 0) is 9.53 Å². The molecule has 0 saturated heterocycles. The smallest absolute Gasteiger partial charge is 0.342 e. The Morgan fingerprint density at radius 2 is 2.05 bits per heavy atom. The van der Waals surface area contributed by atoms with Crippen LogP contribution in [0.25, 0.3) is 0 Å². The standard InChI is InChI=1S/C14H10ClNO5S/c15-8-3-4-9(10(17)6-8)14(20)21-7-12(18)16-13(19)11-2-1-5-22-11/h1-6,17H,7H2,(H,16,18,19). The molecule has 8 heteroatoms. The van der Waals surface area contributed by atoms with E-state index >= 15 is 0 Å². The molecule has 22 heavy (non-hydrogen) atoms. The summed E-state index contributed by atoms with van der Waals surface area (Å²) in [6.07, 6.45) is 0. The van der Waals surface area contributed by atoms with E-state index in [2.05, 4.69) is 5.32 Å². The monoisotopic (exact) mass is 339 g/mol. The van der Waals surface area contributed by atoms with Gasteiger partial charge in [-0.2, -0.15) is 0 Å². The number of phenols is 1. The molecular formula is C14H10ClNO5S. The van der Waals surface area contributed by atoms with Crippen molar-refractivity contribution in [3.8, 4) is 5.75 Å². The second-order valence-corrected chi connectivity index (χ2v) is 5.48. The molecule has 1 aromatic carbocycles.